The van der Waals surface area contributed by atoms with Gasteiger partial charge in [-0.15, -0.1) is 0 Å². The van der Waals surface area contributed by atoms with Gasteiger partial charge in [0.05, 0.1) is 18.1 Å². The van der Waals surface area contributed by atoms with E-state index in [4.69, 9.17) is 0 Å². The summed E-state index contributed by atoms with van der Waals surface area (Å²) in [5.41, 5.74) is 5.09. The van der Waals surface area contributed by atoms with Crippen molar-refractivity contribution in [2.24, 2.45) is 5.16 Å². The molecule has 1 aromatic heterocycles. The van der Waals surface area contributed by atoms with E-state index in [2.05, 4.69) is 10.1 Å². The van der Waals surface area contributed by atoms with Crippen LogP contribution < -0.4 is 0 Å². The Kier molecular flexibility index (Phi) is 6.77. The van der Waals surface area contributed by atoms with Crippen molar-refractivity contribution in [3.8, 4) is 5.69 Å². The average Bonchev–Trinajstić information content (AvgIpc) is 3.24. The quantitative estimate of drug-likeness (QED) is 0.271. The fourth-order valence-electron chi connectivity index (χ4n) is 4.62. The number of hydrogen-bond donors (Lipinski definition) is 1. The number of aromatic nitrogens is 2. The van der Waals surface area contributed by atoms with Crippen LogP contribution in [0.4, 0.5) is 13.2 Å². The Bertz CT molecular complexity index is 1240. The van der Waals surface area contributed by atoms with Gasteiger partial charge in [0.25, 0.3) is 0 Å². The molecule has 2 heterocycles. The molecule has 1 atom stereocenters. The molecule has 0 saturated carbocycles. The number of hydrogen-bond acceptors (Lipinski definition) is 3. The monoisotopic (exact) mass is 468 g/mol. The summed E-state index contributed by atoms with van der Waals surface area (Å²) in [6, 6.07) is 7.61. The molecule has 1 fully saturated rings. The molecule has 34 heavy (non-hydrogen) atoms. The predicted octanol–water partition coefficient (Wildman–Crippen LogP) is 6.32. The van der Waals surface area contributed by atoms with Gasteiger partial charge < -0.3 is 14.7 Å². The zero-order chi connectivity index (χ0) is 24.4. The standard InChI is InChI=1S/C26H27F3N4O/c1-4-23(20-12-21(27)25(29)22(28)13-20)33-9-5-6-19(26(33)31-34)11-18-7-8-24(16(2)10-18)32-14-17(3)30-15-32/h7-8,10-15,23,34H,4-6,9H2,1-3H3/b19-11+,31-26-. The van der Waals surface area contributed by atoms with Crippen LogP contribution in [-0.4, -0.2) is 32.0 Å². The lowest BCUT2D eigenvalue weighted by molar-refractivity contribution is 0.256. The minimum absolute atomic E-state index is 0.303. The summed E-state index contributed by atoms with van der Waals surface area (Å²) in [7, 11) is 0. The van der Waals surface area contributed by atoms with Gasteiger partial charge in [-0.2, -0.15) is 0 Å². The zero-order valence-electron chi connectivity index (χ0n) is 19.4. The number of halogens is 3. The molecular weight excluding hydrogens is 441 g/mol. The number of piperidine rings is 1. The maximum atomic E-state index is 13.9. The van der Waals surface area contributed by atoms with E-state index in [0.29, 0.717) is 30.8 Å². The summed E-state index contributed by atoms with van der Waals surface area (Å²) in [5.74, 6) is -3.59. The summed E-state index contributed by atoms with van der Waals surface area (Å²) >= 11 is 0. The van der Waals surface area contributed by atoms with Gasteiger partial charge in [-0.05, 0) is 85.7 Å². The van der Waals surface area contributed by atoms with Crippen LogP contribution in [0.2, 0.25) is 0 Å². The van der Waals surface area contributed by atoms with E-state index < -0.39 is 23.5 Å². The van der Waals surface area contributed by atoms with Gasteiger partial charge in [-0.3, -0.25) is 0 Å². The first-order valence-corrected chi connectivity index (χ1v) is 11.3. The van der Waals surface area contributed by atoms with Gasteiger partial charge in [0.15, 0.2) is 23.3 Å². The number of oxime groups is 1. The molecule has 178 valence electrons. The maximum absolute atomic E-state index is 13.9. The third-order valence-electron chi connectivity index (χ3n) is 6.20. The molecule has 1 unspecified atom stereocenters. The van der Waals surface area contributed by atoms with E-state index in [0.717, 1.165) is 46.6 Å². The molecule has 4 rings (SSSR count). The topological polar surface area (TPSA) is 53.7 Å². The molecule has 1 aliphatic rings. The van der Waals surface area contributed by atoms with Crippen LogP contribution in [-0.2, 0) is 0 Å². The number of benzene rings is 2. The van der Waals surface area contributed by atoms with Crippen LogP contribution in [0, 0.1) is 31.3 Å². The number of rotatable bonds is 5. The fourth-order valence-corrected chi connectivity index (χ4v) is 4.62. The molecule has 2 aromatic carbocycles. The summed E-state index contributed by atoms with van der Waals surface area (Å²) in [6.45, 7) is 6.38. The lowest BCUT2D eigenvalue weighted by atomic mass is 9.94. The second-order valence-electron chi connectivity index (χ2n) is 8.58. The molecule has 1 saturated heterocycles. The molecule has 1 aliphatic heterocycles. The summed E-state index contributed by atoms with van der Waals surface area (Å²) < 4.78 is 43.3. The Morgan fingerprint density at radius 1 is 1.15 bits per heavy atom. The van der Waals surface area contributed by atoms with Crippen molar-refractivity contribution in [2.45, 2.75) is 46.1 Å². The van der Waals surface area contributed by atoms with Crippen LogP contribution in [0.5, 0.6) is 0 Å². The van der Waals surface area contributed by atoms with E-state index in [1.807, 2.05) is 60.7 Å². The number of imidazole rings is 1. The molecule has 0 radical (unpaired) electrons. The Balaban J connectivity index is 1.65. The van der Waals surface area contributed by atoms with E-state index in [9.17, 15) is 18.4 Å². The van der Waals surface area contributed by atoms with Crippen molar-refractivity contribution in [1.29, 1.82) is 0 Å². The molecule has 3 aromatic rings. The smallest absolute Gasteiger partial charge is 0.194 e. The Morgan fingerprint density at radius 3 is 2.47 bits per heavy atom. The SMILES string of the molecule is CCC(c1cc(F)c(F)c(F)c1)N1CCCC(=C\c2ccc(-n3cnc(C)c3)c(C)c2)/C1=N/O. The molecule has 0 bridgehead atoms. The first-order chi connectivity index (χ1) is 16.3. The van der Waals surface area contributed by atoms with E-state index in [-0.39, 0.29) is 0 Å². The highest BCUT2D eigenvalue weighted by Crippen LogP contribution is 2.33. The summed E-state index contributed by atoms with van der Waals surface area (Å²) in [5, 5.41) is 13.4. The average molecular weight is 469 g/mol. The van der Waals surface area contributed by atoms with Gasteiger partial charge in [0.2, 0.25) is 0 Å². The first-order valence-electron chi connectivity index (χ1n) is 11.3. The van der Waals surface area contributed by atoms with Crippen LogP contribution in [0.1, 0.15) is 54.6 Å². The van der Waals surface area contributed by atoms with Crippen LogP contribution in [0.15, 0.2) is 53.6 Å². The Morgan fingerprint density at radius 2 is 1.88 bits per heavy atom. The molecule has 0 amide bonds. The van der Waals surface area contributed by atoms with E-state index in [1.165, 1.54) is 0 Å². The van der Waals surface area contributed by atoms with Gasteiger partial charge in [0.1, 0.15) is 0 Å². The lowest BCUT2D eigenvalue weighted by Gasteiger charge is -2.37. The van der Waals surface area contributed by atoms with Crippen LogP contribution >= 0.6 is 0 Å². The molecule has 1 N–H and O–H groups in total. The molecule has 8 heteroatoms. The van der Waals surface area contributed by atoms with Crippen LogP contribution in [0.25, 0.3) is 11.8 Å². The highest BCUT2D eigenvalue weighted by atomic mass is 19.2. The van der Waals surface area contributed by atoms with Crippen molar-refractivity contribution in [1.82, 2.24) is 14.5 Å². The van der Waals surface area contributed by atoms with Crippen molar-refractivity contribution in [3.63, 3.8) is 0 Å². The number of likely N-dealkylation sites (tertiary alicyclic amines) is 1. The second kappa shape index (κ2) is 9.75. The van der Waals surface area contributed by atoms with Gasteiger partial charge in [-0.1, -0.05) is 18.1 Å². The van der Waals surface area contributed by atoms with Crippen molar-refractivity contribution in [2.75, 3.05) is 6.54 Å². The van der Waals surface area contributed by atoms with Crippen LogP contribution in [0.3, 0.4) is 0 Å². The number of aryl methyl sites for hydroxylation is 2. The molecule has 0 aliphatic carbocycles. The Hall–Kier alpha value is -3.55. The second-order valence-corrected chi connectivity index (χ2v) is 8.58. The Labute approximate surface area is 196 Å². The summed E-state index contributed by atoms with van der Waals surface area (Å²) in [4.78, 5) is 6.11. The third kappa shape index (κ3) is 4.58. The number of amidine groups is 1. The minimum Gasteiger partial charge on any atom is -0.409 e. The predicted molar refractivity (Wildman–Crippen MR) is 126 cm³/mol. The van der Waals surface area contributed by atoms with Crippen molar-refractivity contribution >= 4 is 11.9 Å². The minimum atomic E-state index is -1.49. The normalized spacial score (nSPS) is 17.5. The van der Waals surface area contributed by atoms with Gasteiger partial charge in [0, 0.05) is 18.4 Å². The molecular formula is C26H27F3N4O. The maximum Gasteiger partial charge on any atom is 0.194 e. The van der Waals surface area contributed by atoms with E-state index in [1.54, 1.807) is 6.33 Å². The number of nitrogens with zero attached hydrogens (tertiary/aromatic N) is 4. The molecule has 5 nitrogen and oxygen atoms in total. The zero-order valence-corrected chi connectivity index (χ0v) is 19.4. The van der Waals surface area contributed by atoms with Crippen molar-refractivity contribution in [3.05, 3.63) is 88.3 Å². The van der Waals surface area contributed by atoms with Gasteiger partial charge >= 0.3 is 0 Å². The van der Waals surface area contributed by atoms with E-state index >= 15 is 0 Å². The van der Waals surface area contributed by atoms with Gasteiger partial charge in [-0.25, -0.2) is 18.2 Å². The highest BCUT2D eigenvalue weighted by Gasteiger charge is 2.29. The van der Waals surface area contributed by atoms with Crippen molar-refractivity contribution < 1.29 is 18.4 Å². The fraction of sp³-hybridized carbons (Fsp3) is 0.308. The largest absolute Gasteiger partial charge is 0.409 e. The summed E-state index contributed by atoms with van der Waals surface area (Å²) in [6.07, 6.45) is 7.67. The third-order valence-corrected chi connectivity index (χ3v) is 6.20. The lowest BCUT2D eigenvalue weighted by Crippen LogP contribution is -2.40. The molecule has 0 spiro atoms. The first kappa shape index (κ1) is 23.6. The highest BCUT2D eigenvalue weighted by molar-refractivity contribution is 6.02.